The summed E-state index contributed by atoms with van der Waals surface area (Å²) in [6.45, 7) is 2.90. The van der Waals surface area contributed by atoms with Gasteiger partial charge in [-0.1, -0.05) is 73.5 Å². The van der Waals surface area contributed by atoms with Crippen LogP contribution in [0.4, 0.5) is 17.1 Å². The number of carbonyl (C=O) groups excluding carboxylic acids is 1. The molecule has 0 saturated carbocycles. The molecular formula is C30H25ClN2O3. The highest BCUT2D eigenvalue weighted by atomic mass is 35.5. The maximum absolute atomic E-state index is 13.7. The van der Waals surface area contributed by atoms with Crippen molar-refractivity contribution in [3.8, 4) is 11.5 Å². The van der Waals surface area contributed by atoms with Crippen molar-refractivity contribution in [3.63, 3.8) is 0 Å². The molecule has 0 bridgehead atoms. The minimum Gasteiger partial charge on any atom is -0.456 e. The summed E-state index contributed by atoms with van der Waals surface area (Å²) in [5.41, 5.74) is 3.91. The second-order valence-electron chi connectivity index (χ2n) is 8.96. The molecule has 0 unspecified atom stereocenters. The van der Waals surface area contributed by atoms with Crippen LogP contribution in [-0.4, -0.2) is 12.5 Å². The van der Waals surface area contributed by atoms with E-state index >= 15 is 0 Å². The molecule has 6 rings (SSSR count). The van der Waals surface area contributed by atoms with E-state index in [1.54, 1.807) is 0 Å². The van der Waals surface area contributed by atoms with Gasteiger partial charge in [-0.25, -0.2) is 4.79 Å². The Morgan fingerprint density at radius 3 is 2.14 bits per heavy atom. The molecule has 0 radical (unpaired) electrons. The van der Waals surface area contributed by atoms with E-state index in [0.717, 1.165) is 53.1 Å². The number of nitrogens with one attached hydrogen (secondary N) is 2. The first-order chi connectivity index (χ1) is 17.6. The van der Waals surface area contributed by atoms with Crippen molar-refractivity contribution < 1.29 is 14.3 Å². The van der Waals surface area contributed by atoms with Gasteiger partial charge in [0.05, 0.1) is 16.3 Å². The van der Waals surface area contributed by atoms with Crippen molar-refractivity contribution in [2.24, 2.45) is 0 Å². The Morgan fingerprint density at radius 2 is 1.44 bits per heavy atom. The highest BCUT2D eigenvalue weighted by Crippen LogP contribution is 2.59. The van der Waals surface area contributed by atoms with Crippen LogP contribution >= 0.6 is 11.6 Å². The molecule has 0 aliphatic carbocycles. The summed E-state index contributed by atoms with van der Waals surface area (Å²) < 4.78 is 12.7. The number of rotatable bonds is 6. The van der Waals surface area contributed by atoms with Crippen LogP contribution in [0.1, 0.15) is 46.8 Å². The summed E-state index contributed by atoms with van der Waals surface area (Å²) >= 11 is 6.52. The Balaban J connectivity index is 1.64. The quantitative estimate of drug-likeness (QED) is 0.210. The van der Waals surface area contributed by atoms with Gasteiger partial charge in [-0.05, 0) is 42.8 Å². The number of carbonyl (C=O) groups is 1. The van der Waals surface area contributed by atoms with Gasteiger partial charge >= 0.3 is 5.97 Å². The zero-order chi connectivity index (χ0) is 24.7. The molecule has 36 heavy (non-hydrogen) atoms. The molecule has 0 atom stereocenters. The standard InChI is InChI=1S/C30H25ClN2O3/c1-2-3-18-32-23-16-17-24(33-22-13-7-6-12-21(22)31)28-27(23)29(34)36-30(28)19-10-4-8-14-25(19)35-26-15-9-5-11-20(26)30/h4-17,32-33H,2-3,18H2,1H3. The molecule has 180 valence electrons. The van der Waals surface area contributed by atoms with E-state index in [4.69, 9.17) is 21.1 Å². The molecule has 4 aromatic rings. The van der Waals surface area contributed by atoms with Gasteiger partial charge in [0, 0.05) is 34.6 Å². The van der Waals surface area contributed by atoms with Gasteiger partial charge < -0.3 is 20.1 Å². The van der Waals surface area contributed by atoms with Gasteiger partial charge in [-0.2, -0.15) is 0 Å². The van der Waals surface area contributed by atoms with E-state index < -0.39 is 5.60 Å². The minimum atomic E-state index is -1.18. The van der Waals surface area contributed by atoms with Crippen molar-refractivity contribution >= 4 is 34.6 Å². The summed E-state index contributed by atoms with van der Waals surface area (Å²) in [7, 11) is 0. The molecule has 1 spiro atoms. The van der Waals surface area contributed by atoms with Crippen LogP contribution in [0.2, 0.25) is 5.02 Å². The minimum absolute atomic E-state index is 0.377. The van der Waals surface area contributed by atoms with Crippen molar-refractivity contribution in [1.29, 1.82) is 0 Å². The third-order valence-corrected chi connectivity index (χ3v) is 7.08. The van der Waals surface area contributed by atoms with Gasteiger partial charge in [-0.15, -0.1) is 0 Å². The number of ether oxygens (including phenoxy) is 2. The average molecular weight is 497 g/mol. The number of esters is 1. The van der Waals surface area contributed by atoms with Crippen LogP contribution in [-0.2, 0) is 10.3 Å². The summed E-state index contributed by atoms with van der Waals surface area (Å²) in [4.78, 5) is 13.7. The van der Waals surface area contributed by atoms with E-state index in [9.17, 15) is 4.79 Å². The zero-order valence-electron chi connectivity index (χ0n) is 19.8. The molecule has 0 amide bonds. The molecule has 5 nitrogen and oxygen atoms in total. The fourth-order valence-corrected chi connectivity index (χ4v) is 5.30. The maximum Gasteiger partial charge on any atom is 0.342 e. The first kappa shape index (κ1) is 22.5. The molecule has 6 heteroatoms. The number of unbranched alkanes of at least 4 members (excludes halogenated alkanes) is 1. The Labute approximate surface area is 215 Å². The van der Waals surface area contributed by atoms with E-state index in [1.165, 1.54) is 0 Å². The number of anilines is 3. The molecule has 0 saturated heterocycles. The van der Waals surface area contributed by atoms with Crippen LogP contribution in [0.5, 0.6) is 11.5 Å². The molecule has 2 N–H and O–H groups in total. The Bertz CT molecular complexity index is 1440. The third kappa shape index (κ3) is 3.42. The normalized spacial score (nSPS) is 14.3. The van der Waals surface area contributed by atoms with Crippen LogP contribution in [0.25, 0.3) is 0 Å². The Morgan fingerprint density at radius 1 is 0.806 bits per heavy atom. The molecular weight excluding hydrogens is 472 g/mol. The summed E-state index contributed by atoms with van der Waals surface area (Å²) in [5.74, 6) is 0.938. The lowest BCUT2D eigenvalue weighted by atomic mass is 9.76. The predicted octanol–water partition coefficient (Wildman–Crippen LogP) is 7.86. The molecule has 0 fully saturated rings. The van der Waals surface area contributed by atoms with Gasteiger partial charge in [0.1, 0.15) is 11.5 Å². The first-order valence-corrected chi connectivity index (χ1v) is 12.5. The predicted molar refractivity (Wildman–Crippen MR) is 143 cm³/mol. The first-order valence-electron chi connectivity index (χ1n) is 12.2. The average Bonchev–Trinajstić information content (AvgIpc) is 3.21. The Kier molecular flexibility index (Phi) is 5.57. The second kappa shape index (κ2) is 8.92. The van der Waals surface area contributed by atoms with E-state index in [0.29, 0.717) is 22.1 Å². The monoisotopic (exact) mass is 496 g/mol. The Hall–Kier alpha value is -3.96. The van der Waals surface area contributed by atoms with Crippen molar-refractivity contribution in [2.45, 2.75) is 25.4 Å². The van der Waals surface area contributed by atoms with Gasteiger partial charge in [0.2, 0.25) is 0 Å². The number of fused-ring (bicyclic) bond motifs is 6. The molecule has 2 aliphatic heterocycles. The number of halogens is 1. The number of hydrogen-bond acceptors (Lipinski definition) is 5. The summed E-state index contributed by atoms with van der Waals surface area (Å²) in [5, 5.41) is 7.54. The highest BCUT2D eigenvalue weighted by molar-refractivity contribution is 6.33. The smallest absolute Gasteiger partial charge is 0.342 e. The number of benzene rings is 4. The van der Waals surface area contributed by atoms with E-state index in [2.05, 4.69) is 17.6 Å². The molecule has 2 heterocycles. The molecule has 4 aromatic carbocycles. The van der Waals surface area contributed by atoms with Crippen LogP contribution in [0.3, 0.4) is 0 Å². The maximum atomic E-state index is 13.7. The fourth-order valence-electron chi connectivity index (χ4n) is 5.12. The van der Waals surface area contributed by atoms with E-state index in [1.807, 2.05) is 84.9 Å². The van der Waals surface area contributed by atoms with Gasteiger partial charge in [-0.3, -0.25) is 0 Å². The largest absolute Gasteiger partial charge is 0.456 e. The van der Waals surface area contributed by atoms with Crippen molar-refractivity contribution in [1.82, 2.24) is 0 Å². The van der Waals surface area contributed by atoms with Crippen molar-refractivity contribution in [2.75, 3.05) is 17.2 Å². The van der Waals surface area contributed by atoms with Gasteiger partial charge in [0.15, 0.2) is 5.60 Å². The van der Waals surface area contributed by atoms with E-state index in [-0.39, 0.29) is 5.97 Å². The second-order valence-corrected chi connectivity index (χ2v) is 9.37. The molecule has 0 aromatic heterocycles. The number of hydrogen-bond donors (Lipinski definition) is 2. The van der Waals surface area contributed by atoms with Crippen molar-refractivity contribution in [3.05, 3.63) is 112 Å². The van der Waals surface area contributed by atoms with Crippen LogP contribution in [0, 0.1) is 0 Å². The van der Waals surface area contributed by atoms with Gasteiger partial charge in [0.25, 0.3) is 0 Å². The summed E-state index contributed by atoms with van der Waals surface area (Å²) in [6.07, 6.45) is 2.04. The lowest BCUT2D eigenvalue weighted by Crippen LogP contribution is -2.33. The lowest BCUT2D eigenvalue weighted by Gasteiger charge is -2.37. The SMILES string of the molecule is CCCCNc1ccc(Nc2ccccc2Cl)c2c1C(=O)OC21c2ccccc2Oc2ccccc21. The zero-order valence-corrected chi connectivity index (χ0v) is 20.6. The summed E-state index contributed by atoms with van der Waals surface area (Å²) in [6, 6.07) is 26.9. The number of para-hydroxylation sites is 3. The topological polar surface area (TPSA) is 59.6 Å². The fraction of sp³-hybridized carbons (Fsp3) is 0.167. The third-order valence-electron chi connectivity index (χ3n) is 6.75. The van der Waals surface area contributed by atoms with Crippen LogP contribution in [0.15, 0.2) is 84.9 Å². The lowest BCUT2D eigenvalue weighted by molar-refractivity contribution is 0.0226. The van der Waals surface area contributed by atoms with Crippen LogP contribution < -0.4 is 15.4 Å². The molecule has 2 aliphatic rings. The highest BCUT2D eigenvalue weighted by Gasteiger charge is 2.55.